The molecule has 1 aromatic rings. The maximum Gasteiger partial charge on any atom is 0.306 e. The number of rotatable bonds is 3. The van der Waals surface area contributed by atoms with Gasteiger partial charge in [-0.3, -0.25) is 9.59 Å². The average molecular weight is 271 g/mol. The molecule has 0 unspecified atom stereocenters. The third kappa shape index (κ3) is 1.22. The molecule has 3 fully saturated rings. The second-order valence-corrected chi connectivity index (χ2v) is 6.73. The highest BCUT2D eigenvalue weighted by Gasteiger charge is 2.74. The number of carboxylic acid groups (broad SMARTS) is 1. The molecule has 3 aliphatic carbocycles. The molecule has 1 aliphatic heterocycles. The lowest BCUT2D eigenvalue weighted by molar-refractivity contribution is -0.233. The Balaban J connectivity index is 1.54. The van der Waals surface area contributed by atoms with Gasteiger partial charge in [0.25, 0.3) is 5.91 Å². The predicted octanol–water partition coefficient (Wildman–Crippen LogP) is 2.29. The van der Waals surface area contributed by atoms with Crippen LogP contribution in [0.1, 0.15) is 42.1 Å². The number of carboxylic acids is 1. The molecule has 0 aromatic heterocycles. The van der Waals surface area contributed by atoms with Crippen LogP contribution in [0.2, 0.25) is 0 Å². The summed E-state index contributed by atoms with van der Waals surface area (Å²) < 4.78 is 0. The topological polar surface area (TPSA) is 57.6 Å². The van der Waals surface area contributed by atoms with Crippen LogP contribution in [0.5, 0.6) is 0 Å². The summed E-state index contributed by atoms with van der Waals surface area (Å²) in [5, 5.41) is 9.17. The van der Waals surface area contributed by atoms with Crippen molar-refractivity contribution in [2.75, 3.05) is 0 Å². The lowest BCUT2D eigenvalue weighted by Crippen LogP contribution is -2.76. The maximum atomic E-state index is 12.5. The van der Waals surface area contributed by atoms with Gasteiger partial charge in [0.15, 0.2) is 0 Å². The third-order valence-corrected chi connectivity index (χ3v) is 5.73. The number of benzene rings is 1. The summed E-state index contributed by atoms with van der Waals surface area (Å²) in [5.41, 5.74) is 1.81. The van der Waals surface area contributed by atoms with E-state index in [0.29, 0.717) is 6.54 Å². The standard InChI is InChI=1S/C16H17NO3/c1-10(14(19)20)15-7-16(8-15,9-15)17-6-11-4-2-3-5-12(11)13(17)18/h2-5,10H,6-9H2,1H3,(H,19,20)/t10-,15?,16?/m1/s1. The zero-order valence-corrected chi connectivity index (χ0v) is 11.4. The molecule has 1 heterocycles. The molecule has 0 spiro atoms. The number of carbonyl (C=O) groups excluding carboxylic acids is 1. The van der Waals surface area contributed by atoms with Gasteiger partial charge in [-0.25, -0.2) is 0 Å². The van der Waals surface area contributed by atoms with Crippen molar-refractivity contribution >= 4 is 11.9 Å². The fraction of sp³-hybridized carbons (Fsp3) is 0.500. The van der Waals surface area contributed by atoms with Gasteiger partial charge in [-0.15, -0.1) is 0 Å². The van der Waals surface area contributed by atoms with E-state index in [-0.39, 0.29) is 22.8 Å². The van der Waals surface area contributed by atoms with Crippen LogP contribution in [-0.4, -0.2) is 27.4 Å². The van der Waals surface area contributed by atoms with Crippen molar-refractivity contribution in [2.45, 2.75) is 38.3 Å². The summed E-state index contributed by atoms with van der Waals surface area (Å²) in [4.78, 5) is 25.6. The highest BCUT2D eigenvalue weighted by molar-refractivity contribution is 5.99. The van der Waals surface area contributed by atoms with Crippen molar-refractivity contribution in [3.05, 3.63) is 35.4 Å². The highest BCUT2D eigenvalue weighted by Crippen LogP contribution is 2.73. The molecule has 5 rings (SSSR count). The smallest absolute Gasteiger partial charge is 0.306 e. The fourth-order valence-electron chi connectivity index (χ4n) is 4.46. The molecule has 20 heavy (non-hydrogen) atoms. The summed E-state index contributed by atoms with van der Waals surface area (Å²) in [6.07, 6.45) is 2.56. The molecule has 4 nitrogen and oxygen atoms in total. The number of hydrogen-bond donors (Lipinski definition) is 1. The minimum Gasteiger partial charge on any atom is -0.481 e. The highest BCUT2D eigenvalue weighted by atomic mass is 16.4. The SMILES string of the molecule is C[C@H](C(=O)O)C12CC(N3Cc4ccccc4C3=O)(C1)C2. The monoisotopic (exact) mass is 271 g/mol. The van der Waals surface area contributed by atoms with Gasteiger partial charge in [-0.05, 0) is 36.3 Å². The second kappa shape index (κ2) is 3.43. The van der Waals surface area contributed by atoms with Gasteiger partial charge < -0.3 is 10.0 Å². The van der Waals surface area contributed by atoms with E-state index in [4.69, 9.17) is 5.11 Å². The van der Waals surface area contributed by atoms with E-state index >= 15 is 0 Å². The first kappa shape index (κ1) is 11.9. The molecular weight excluding hydrogens is 254 g/mol. The lowest BCUT2D eigenvalue weighted by Gasteiger charge is -2.74. The van der Waals surface area contributed by atoms with E-state index < -0.39 is 5.97 Å². The van der Waals surface area contributed by atoms with E-state index in [1.165, 1.54) is 0 Å². The Bertz CT molecular complexity index is 617. The van der Waals surface area contributed by atoms with Crippen molar-refractivity contribution in [3.8, 4) is 0 Å². The predicted molar refractivity (Wildman–Crippen MR) is 72.1 cm³/mol. The van der Waals surface area contributed by atoms with Gasteiger partial charge in [0.2, 0.25) is 0 Å². The van der Waals surface area contributed by atoms with Crippen molar-refractivity contribution in [1.29, 1.82) is 0 Å². The van der Waals surface area contributed by atoms with Gasteiger partial charge in [0, 0.05) is 17.6 Å². The van der Waals surface area contributed by atoms with E-state index in [9.17, 15) is 9.59 Å². The first-order valence-electron chi connectivity index (χ1n) is 7.10. The summed E-state index contributed by atoms with van der Waals surface area (Å²) in [6, 6.07) is 7.76. The van der Waals surface area contributed by atoms with Gasteiger partial charge in [0.05, 0.1) is 5.92 Å². The third-order valence-electron chi connectivity index (χ3n) is 5.73. The van der Waals surface area contributed by atoms with Gasteiger partial charge in [0.1, 0.15) is 0 Å². The molecule has 2 bridgehead atoms. The number of hydrogen-bond acceptors (Lipinski definition) is 2. The Morgan fingerprint density at radius 1 is 1.30 bits per heavy atom. The Morgan fingerprint density at radius 2 is 1.95 bits per heavy atom. The molecule has 1 aromatic carbocycles. The quantitative estimate of drug-likeness (QED) is 0.917. The normalized spacial score (nSPS) is 35.0. The molecular formula is C16H17NO3. The maximum absolute atomic E-state index is 12.5. The molecule has 0 radical (unpaired) electrons. The average Bonchev–Trinajstić information content (AvgIpc) is 2.64. The van der Waals surface area contributed by atoms with E-state index in [1.54, 1.807) is 6.92 Å². The Hall–Kier alpha value is -1.84. The number of carbonyl (C=O) groups is 2. The van der Waals surface area contributed by atoms with Gasteiger partial charge in [-0.1, -0.05) is 25.1 Å². The molecule has 1 amide bonds. The first-order valence-corrected chi connectivity index (χ1v) is 7.10. The van der Waals surface area contributed by atoms with Gasteiger partial charge in [-0.2, -0.15) is 0 Å². The number of aliphatic carboxylic acids is 1. The lowest BCUT2D eigenvalue weighted by atomic mass is 9.35. The Morgan fingerprint density at radius 3 is 2.55 bits per heavy atom. The number of nitrogens with zero attached hydrogens (tertiary/aromatic N) is 1. The molecule has 1 atom stereocenters. The summed E-state index contributed by atoms with van der Waals surface area (Å²) in [7, 11) is 0. The minimum atomic E-state index is -0.714. The first-order chi connectivity index (χ1) is 9.47. The summed E-state index contributed by atoms with van der Waals surface area (Å²) >= 11 is 0. The summed E-state index contributed by atoms with van der Waals surface area (Å²) in [6.45, 7) is 2.48. The molecule has 4 aliphatic rings. The molecule has 1 N–H and O–H groups in total. The van der Waals surface area contributed by atoms with Crippen LogP contribution in [-0.2, 0) is 11.3 Å². The molecule has 3 saturated carbocycles. The molecule has 4 heteroatoms. The van der Waals surface area contributed by atoms with Crippen LogP contribution in [0.15, 0.2) is 24.3 Å². The Kier molecular flexibility index (Phi) is 2.05. The zero-order chi connectivity index (χ0) is 14.1. The van der Waals surface area contributed by atoms with Crippen molar-refractivity contribution in [1.82, 2.24) is 4.90 Å². The minimum absolute atomic E-state index is 0.0547. The second-order valence-electron chi connectivity index (χ2n) is 6.73. The van der Waals surface area contributed by atoms with Crippen LogP contribution in [0.25, 0.3) is 0 Å². The Labute approximate surface area is 117 Å². The van der Waals surface area contributed by atoms with Crippen molar-refractivity contribution in [2.24, 2.45) is 11.3 Å². The molecule has 0 saturated heterocycles. The van der Waals surface area contributed by atoms with Crippen LogP contribution in [0.4, 0.5) is 0 Å². The van der Waals surface area contributed by atoms with Crippen molar-refractivity contribution < 1.29 is 14.7 Å². The van der Waals surface area contributed by atoms with E-state index in [2.05, 4.69) is 0 Å². The zero-order valence-electron chi connectivity index (χ0n) is 11.4. The van der Waals surface area contributed by atoms with Crippen LogP contribution >= 0.6 is 0 Å². The molecule has 104 valence electrons. The van der Waals surface area contributed by atoms with Crippen LogP contribution in [0, 0.1) is 11.3 Å². The van der Waals surface area contributed by atoms with E-state index in [1.807, 2.05) is 29.2 Å². The van der Waals surface area contributed by atoms with Crippen molar-refractivity contribution in [3.63, 3.8) is 0 Å². The summed E-state index contributed by atoms with van der Waals surface area (Å²) in [5.74, 6) is -0.893. The van der Waals surface area contributed by atoms with Crippen LogP contribution in [0.3, 0.4) is 0 Å². The number of fused-ring (bicyclic) bond motifs is 1. The van der Waals surface area contributed by atoms with E-state index in [0.717, 1.165) is 30.4 Å². The van der Waals surface area contributed by atoms with Crippen LogP contribution < -0.4 is 0 Å². The van der Waals surface area contributed by atoms with Gasteiger partial charge >= 0.3 is 5.97 Å². The largest absolute Gasteiger partial charge is 0.481 e. The number of amides is 1. The fourth-order valence-corrected chi connectivity index (χ4v) is 4.46.